The van der Waals surface area contributed by atoms with Gasteiger partial charge in [-0.1, -0.05) is 102 Å². The number of nitrogens with one attached hydrogen (secondary N) is 1. The zero-order valence-electron chi connectivity index (χ0n) is 46.3. The largest absolute Gasteiger partial charge is 0.464 e. The third kappa shape index (κ3) is 49.7. The van der Waals surface area contributed by atoms with Crippen molar-refractivity contribution < 1.29 is 57.9 Å². The second-order valence-electron chi connectivity index (χ2n) is 19.4. The van der Waals surface area contributed by atoms with Crippen LogP contribution in [0.1, 0.15) is 213 Å². The summed E-state index contributed by atoms with van der Waals surface area (Å²) in [4.78, 5) is 74.1. The number of amides is 2. The van der Waals surface area contributed by atoms with Crippen molar-refractivity contribution in [3.8, 4) is 0 Å². The van der Waals surface area contributed by atoms with Crippen molar-refractivity contribution >= 4 is 35.7 Å². The molecule has 2 amide bonds. The molecule has 0 aromatic rings. The lowest BCUT2D eigenvalue weighted by atomic mass is 10.0. The number of hydrogen-bond donors (Lipinski definition) is 4. The number of allylic oxidation sites excluding steroid dienone is 2. The lowest BCUT2D eigenvalue weighted by molar-refractivity contribution is -0.157. The summed E-state index contributed by atoms with van der Waals surface area (Å²) in [5.74, 6) is -1.47. The average Bonchev–Trinajstić information content (AvgIpc) is 3.32. The van der Waals surface area contributed by atoms with Crippen molar-refractivity contribution in [3.63, 3.8) is 0 Å². The molecule has 4 atom stereocenters. The van der Waals surface area contributed by atoms with Gasteiger partial charge in [-0.15, -0.1) is 0 Å². The molecule has 5 N–H and O–H groups in total. The molecule has 4 unspecified atom stereocenters. The minimum atomic E-state index is -0.739. The Bertz CT molecular complexity index is 1430. The van der Waals surface area contributed by atoms with E-state index in [4.69, 9.17) is 24.7 Å². The van der Waals surface area contributed by atoms with Gasteiger partial charge in [-0.2, -0.15) is 0 Å². The van der Waals surface area contributed by atoms with Crippen LogP contribution in [0.2, 0.25) is 0 Å². The molecule has 0 radical (unpaired) electrons. The maximum absolute atomic E-state index is 12.3. The number of carbonyl (C=O) groups is 6. The van der Waals surface area contributed by atoms with E-state index in [-0.39, 0.29) is 61.4 Å². The van der Waals surface area contributed by atoms with Gasteiger partial charge in [-0.05, 0) is 125 Å². The predicted molar refractivity (Wildman–Crippen MR) is 287 cm³/mol. The Morgan fingerprint density at radius 1 is 0.486 bits per heavy atom. The summed E-state index contributed by atoms with van der Waals surface area (Å²) in [5, 5.41) is 24.1. The first-order chi connectivity index (χ1) is 34.6. The third-order valence-electron chi connectivity index (χ3n) is 11.8. The van der Waals surface area contributed by atoms with E-state index in [1.54, 1.807) is 0 Å². The third-order valence-corrected chi connectivity index (χ3v) is 11.8. The number of aliphatic hydroxyl groups excluding tert-OH is 2. The highest BCUT2D eigenvalue weighted by molar-refractivity contribution is 5.75. The first-order valence-corrected chi connectivity index (χ1v) is 27.8. The fourth-order valence-corrected chi connectivity index (χ4v) is 7.35. The molecule has 0 saturated carbocycles. The topological polar surface area (TPSA) is 224 Å². The molecule has 420 valence electrons. The maximum Gasteiger partial charge on any atom is 0.306 e. The minimum Gasteiger partial charge on any atom is -0.464 e. The van der Waals surface area contributed by atoms with Gasteiger partial charge in [-0.25, -0.2) is 0 Å². The van der Waals surface area contributed by atoms with Crippen molar-refractivity contribution in [2.75, 3.05) is 61.0 Å². The molecule has 0 aliphatic carbocycles. The Labute approximate surface area is 436 Å². The first kappa shape index (κ1) is 70.2. The Kier molecular flexibility index (Phi) is 49.4. The van der Waals surface area contributed by atoms with Crippen molar-refractivity contribution in [1.82, 2.24) is 15.1 Å². The van der Waals surface area contributed by atoms with E-state index in [2.05, 4.69) is 31.3 Å². The van der Waals surface area contributed by atoms with Crippen LogP contribution in [-0.4, -0.2) is 141 Å². The van der Waals surface area contributed by atoms with E-state index in [9.17, 15) is 39.0 Å². The maximum atomic E-state index is 12.3. The van der Waals surface area contributed by atoms with E-state index in [1.165, 1.54) is 0 Å². The fraction of sp³-hybridized carbons (Fsp3) is 0.821. The number of hydrogen-bond acceptors (Lipinski definition) is 14. The van der Waals surface area contributed by atoms with Crippen molar-refractivity contribution in [3.05, 3.63) is 24.3 Å². The van der Waals surface area contributed by atoms with Crippen molar-refractivity contribution in [1.29, 1.82) is 0 Å². The fourth-order valence-electron chi connectivity index (χ4n) is 7.35. The normalized spacial score (nSPS) is 13.1. The highest BCUT2D eigenvalue weighted by Gasteiger charge is 2.24. The Balaban J connectivity index is 0. The lowest BCUT2D eigenvalue weighted by Gasteiger charge is -2.22. The van der Waals surface area contributed by atoms with Gasteiger partial charge in [0.25, 0.3) is 0 Å². The smallest absolute Gasteiger partial charge is 0.306 e. The van der Waals surface area contributed by atoms with E-state index in [0.717, 1.165) is 116 Å². The van der Waals surface area contributed by atoms with Crippen LogP contribution in [-0.2, 0) is 47.7 Å². The molecule has 0 aromatic heterocycles. The van der Waals surface area contributed by atoms with Gasteiger partial charge in [0.15, 0.2) is 0 Å². The zero-order chi connectivity index (χ0) is 54.0. The van der Waals surface area contributed by atoms with Crippen molar-refractivity contribution in [2.45, 2.75) is 238 Å². The summed E-state index contributed by atoms with van der Waals surface area (Å²) in [6.07, 6.45) is 28.5. The number of rotatable bonds is 47. The first-order valence-electron chi connectivity index (χ1n) is 27.8. The summed E-state index contributed by atoms with van der Waals surface area (Å²) in [6, 6.07) is 0. The minimum absolute atomic E-state index is 0.134. The number of likely N-dealkylation sites (N-methyl/N-ethyl adjacent to an activating group) is 2. The quantitative estimate of drug-likeness (QED) is 0.0193. The van der Waals surface area contributed by atoms with Crippen LogP contribution in [0, 0.1) is 0 Å². The summed E-state index contributed by atoms with van der Waals surface area (Å²) < 4.78 is 21.5. The van der Waals surface area contributed by atoms with Crippen LogP contribution >= 0.6 is 0 Å². The van der Waals surface area contributed by atoms with E-state index in [0.29, 0.717) is 84.2 Å². The van der Waals surface area contributed by atoms with E-state index >= 15 is 0 Å². The van der Waals surface area contributed by atoms with Crippen LogP contribution in [0.15, 0.2) is 24.3 Å². The molecule has 0 aliphatic rings. The summed E-state index contributed by atoms with van der Waals surface area (Å²) in [5.41, 5.74) is 5.13. The second-order valence-corrected chi connectivity index (χ2v) is 19.4. The number of primary amides is 1. The highest BCUT2D eigenvalue weighted by atomic mass is 16.6. The molecule has 72 heavy (non-hydrogen) atoms. The Hall–Kier alpha value is -3.86. The highest BCUT2D eigenvalue weighted by Crippen LogP contribution is 2.18. The number of ether oxygens (including phenoxy) is 4. The SMILES string of the molecule is CCCCCC(OC(=O)CCCC(=O)OCCN(C)C)C(O)C/C=C\CCCCCCCC(=O)NCC.CCCCCC(OC(=O)CCCC(=O)OCCN(C)C)C(O)C/C=C\CCCCCCCC(N)=O. The van der Waals surface area contributed by atoms with Crippen LogP contribution in [0.5, 0.6) is 0 Å². The number of esters is 4. The second kappa shape index (κ2) is 50.7. The predicted octanol–water partition coefficient (Wildman–Crippen LogP) is 9.20. The van der Waals surface area contributed by atoms with Crippen LogP contribution in [0.4, 0.5) is 0 Å². The summed E-state index contributed by atoms with van der Waals surface area (Å²) in [7, 11) is 7.63. The van der Waals surface area contributed by atoms with Gasteiger partial charge in [0.2, 0.25) is 11.8 Å². The van der Waals surface area contributed by atoms with Gasteiger partial charge in [0.1, 0.15) is 25.4 Å². The van der Waals surface area contributed by atoms with Gasteiger partial charge < -0.3 is 50.0 Å². The molecular formula is C56H104N4O12. The molecule has 0 rings (SSSR count). The molecule has 0 fully saturated rings. The molecule has 0 saturated heterocycles. The van der Waals surface area contributed by atoms with Gasteiger partial charge in [-0.3, -0.25) is 28.8 Å². The van der Waals surface area contributed by atoms with Crippen LogP contribution in [0.3, 0.4) is 0 Å². The number of aliphatic hydroxyl groups is 2. The molecule has 0 spiro atoms. The molecule has 0 aliphatic heterocycles. The Morgan fingerprint density at radius 3 is 1.26 bits per heavy atom. The molecule has 0 heterocycles. The van der Waals surface area contributed by atoms with Crippen LogP contribution < -0.4 is 11.1 Å². The Morgan fingerprint density at radius 2 is 0.875 bits per heavy atom. The number of unbranched alkanes of at least 4 members (excludes halogenated alkanes) is 14. The lowest BCUT2D eigenvalue weighted by Crippen LogP contribution is -2.31. The monoisotopic (exact) mass is 1020 g/mol. The van der Waals surface area contributed by atoms with E-state index < -0.39 is 24.4 Å². The average molecular weight is 1030 g/mol. The summed E-state index contributed by atoms with van der Waals surface area (Å²) in [6.45, 7) is 8.86. The molecular weight excluding hydrogens is 921 g/mol. The molecule has 16 heteroatoms. The standard InChI is InChI=1S/C29H54N2O6.C27H50N2O6/c1-5-7-14-19-26(37-29(35)22-17-21-28(34)36-24-23-31(3)4)25(32)18-15-12-10-8-9-11-13-16-20-27(33)30-6-2;1-4-5-12-17-24(35-27(33)20-15-19-26(32)34-22-21-29(2)3)23(30)16-13-10-8-6-7-9-11-14-18-25(28)31/h12,15,25-26,32H,5-11,13-14,16-24H2,1-4H3,(H,30,33);10,13,23-24,30H,4-9,11-12,14-22H2,1-3H3,(H2,28,31)/b15-12-;13-10-. The number of nitrogens with two attached hydrogens (primary N) is 1. The van der Waals surface area contributed by atoms with Gasteiger partial charge in [0, 0.05) is 58.2 Å². The zero-order valence-corrected chi connectivity index (χ0v) is 46.3. The molecule has 16 nitrogen and oxygen atoms in total. The number of carbonyl (C=O) groups excluding carboxylic acids is 6. The molecule has 0 bridgehead atoms. The van der Waals surface area contributed by atoms with Gasteiger partial charge in [0.05, 0.1) is 12.2 Å². The van der Waals surface area contributed by atoms with Crippen molar-refractivity contribution in [2.24, 2.45) is 5.73 Å². The summed E-state index contributed by atoms with van der Waals surface area (Å²) >= 11 is 0. The number of nitrogens with zero attached hydrogens (tertiary/aromatic N) is 2. The van der Waals surface area contributed by atoms with Gasteiger partial charge >= 0.3 is 23.9 Å². The van der Waals surface area contributed by atoms with Crippen LogP contribution in [0.25, 0.3) is 0 Å². The molecule has 0 aromatic carbocycles. The van der Waals surface area contributed by atoms with E-state index in [1.807, 2.05) is 57.1 Å².